The van der Waals surface area contributed by atoms with Crippen LogP contribution in [0.4, 0.5) is 5.69 Å². The van der Waals surface area contributed by atoms with Crippen molar-refractivity contribution in [2.24, 2.45) is 0 Å². The van der Waals surface area contributed by atoms with Crippen LogP contribution in [0.1, 0.15) is 10.4 Å². The molecule has 0 fully saturated rings. The topological polar surface area (TPSA) is 73.6 Å². The van der Waals surface area contributed by atoms with Gasteiger partial charge in [0.1, 0.15) is 0 Å². The van der Waals surface area contributed by atoms with Crippen molar-refractivity contribution in [1.82, 2.24) is 15.2 Å². The molecule has 1 aromatic carbocycles. The lowest BCUT2D eigenvalue weighted by atomic mass is 10.2. The molecule has 3 N–H and O–H groups in total. The number of amides is 1. The third-order valence-corrected chi connectivity index (χ3v) is 2.57. The summed E-state index contributed by atoms with van der Waals surface area (Å²) in [6.45, 7) is 0. The van der Waals surface area contributed by atoms with Gasteiger partial charge in [0.25, 0.3) is 5.91 Å². The Hall–Kier alpha value is -2.56. The molecule has 0 saturated heterocycles. The minimum atomic E-state index is -0.173. The SMILES string of the molecule is O=C(Nc1ccc2[nH]ccc2c1)c1cn[nH]c1. The van der Waals surface area contributed by atoms with Gasteiger partial charge in [-0.05, 0) is 24.3 Å². The standard InChI is InChI=1S/C12H10N4O/c17-12(9-6-14-15-7-9)16-10-1-2-11-8(5-10)3-4-13-11/h1-7,13H,(H,14,15)(H,16,17). The fourth-order valence-corrected chi connectivity index (χ4v) is 1.71. The maximum Gasteiger partial charge on any atom is 0.258 e. The molecule has 2 aromatic heterocycles. The number of nitrogens with one attached hydrogen (secondary N) is 3. The summed E-state index contributed by atoms with van der Waals surface area (Å²) in [6, 6.07) is 7.67. The fourth-order valence-electron chi connectivity index (χ4n) is 1.71. The monoisotopic (exact) mass is 226 g/mol. The summed E-state index contributed by atoms with van der Waals surface area (Å²) in [5.74, 6) is -0.173. The van der Waals surface area contributed by atoms with Crippen molar-refractivity contribution < 1.29 is 4.79 Å². The highest BCUT2D eigenvalue weighted by molar-refractivity contribution is 6.04. The van der Waals surface area contributed by atoms with E-state index in [9.17, 15) is 4.79 Å². The van der Waals surface area contributed by atoms with Crippen LogP contribution in [0.2, 0.25) is 0 Å². The highest BCUT2D eigenvalue weighted by atomic mass is 16.1. The van der Waals surface area contributed by atoms with E-state index in [0.717, 1.165) is 16.6 Å². The van der Waals surface area contributed by atoms with Crippen LogP contribution in [0.3, 0.4) is 0 Å². The summed E-state index contributed by atoms with van der Waals surface area (Å²) in [6.07, 6.45) is 4.92. The number of hydrogen-bond donors (Lipinski definition) is 3. The van der Waals surface area contributed by atoms with Gasteiger partial charge in [-0.3, -0.25) is 9.89 Å². The minimum Gasteiger partial charge on any atom is -0.361 e. The number of nitrogens with zero attached hydrogens (tertiary/aromatic N) is 1. The van der Waals surface area contributed by atoms with Crippen molar-refractivity contribution in [2.45, 2.75) is 0 Å². The number of aromatic nitrogens is 3. The van der Waals surface area contributed by atoms with E-state index in [1.54, 1.807) is 6.20 Å². The maximum atomic E-state index is 11.8. The van der Waals surface area contributed by atoms with E-state index in [0.29, 0.717) is 5.56 Å². The molecule has 17 heavy (non-hydrogen) atoms. The molecule has 5 nitrogen and oxygen atoms in total. The van der Waals surface area contributed by atoms with Crippen LogP contribution in [0.25, 0.3) is 10.9 Å². The van der Waals surface area contributed by atoms with Crippen LogP contribution in [-0.4, -0.2) is 21.1 Å². The zero-order valence-electron chi connectivity index (χ0n) is 8.90. The molecule has 0 radical (unpaired) electrons. The van der Waals surface area contributed by atoms with Crippen LogP contribution in [-0.2, 0) is 0 Å². The molecule has 0 unspecified atom stereocenters. The zero-order chi connectivity index (χ0) is 11.7. The highest BCUT2D eigenvalue weighted by Gasteiger charge is 2.07. The van der Waals surface area contributed by atoms with E-state index < -0.39 is 0 Å². The Kier molecular flexibility index (Phi) is 2.15. The van der Waals surface area contributed by atoms with E-state index >= 15 is 0 Å². The van der Waals surface area contributed by atoms with Gasteiger partial charge in [0.05, 0.1) is 11.8 Å². The summed E-state index contributed by atoms with van der Waals surface area (Å²) < 4.78 is 0. The second-order valence-corrected chi connectivity index (χ2v) is 3.72. The Morgan fingerprint density at radius 3 is 3.06 bits per heavy atom. The summed E-state index contributed by atoms with van der Waals surface area (Å²) in [5.41, 5.74) is 2.33. The number of H-pyrrole nitrogens is 2. The van der Waals surface area contributed by atoms with E-state index in [1.807, 2.05) is 30.5 Å². The minimum absolute atomic E-state index is 0.173. The molecule has 3 rings (SSSR count). The smallest absolute Gasteiger partial charge is 0.258 e. The van der Waals surface area contributed by atoms with Crippen molar-refractivity contribution in [3.8, 4) is 0 Å². The number of fused-ring (bicyclic) bond motifs is 1. The summed E-state index contributed by atoms with van der Waals surface area (Å²) in [7, 11) is 0. The zero-order valence-corrected chi connectivity index (χ0v) is 8.90. The van der Waals surface area contributed by atoms with Gasteiger partial charge in [-0.2, -0.15) is 5.10 Å². The summed E-state index contributed by atoms with van der Waals surface area (Å²) >= 11 is 0. The van der Waals surface area contributed by atoms with Crippen molar-refractivity contribution in [1.29, 1.82) is 0 Å². The number of aromatic amines is 2. The van der Waals surface area contributed by atoms with E-state index in [1.165, 1.54) is 6.20 Å². The van der Waals surface area contributed by atoms with Gasteiger partial charge < -0.3 is 10.3 Å². The van der Waals surface area contributed by atoms with Crippen LogP contribution in [0.15, 0.2) is 42.9 Å². The number of carbonyl (C=O) groups excluding carboxylic acids is 1. The number of rotatable bonds is 2. The largest absolute Gasteiger partial charge is 0.361 e. The lowest BCUT2D eigenvalue weighted by Crippen LogP contribution is -2.10. The Morgan fingerprint density at radius 1 is 1.29 bits per heavy atom. The van der Waals surface area contributed by atoms with Crippen LogP contribution < -0.4 is 5.32 Å². The average molecular weight is 226 g/mol. The van der Waals surface area contributed by atoms with Crippen molar-refractivity contribution >= 4 is 22.5 Å². The predicted octanol–water partition coefficient (Wildman–Crippen LogP) is 2.14. The van der Waals surface area contributed by atoms with Crippen LogP contribution in [0.5, 0.6) is 0 Å². The van der Waals surface area contributed by atoms with Gasteiger partial charge in [0.15, 0.2) is 0 Å². The van der Waals surface area contributed by atoms with Crippen molar-refractivity contribution in [3.63, 3.8) is 0 Å². The van der Waals surface area contributed by atoms with Crippen molar-refractivity contribution in [2.75, 3.05) is 5.32 Å². The molecule has 0 saturated carbocycles. The second-order valence-electron chi connectivity index (χ2n) is 3.72. The molecule has 0 spiro atoms. The molecule has 2 heterocycles. The van der Waals surface area contributed by atoms with Gasteiger partial charge in [-0.1, -0.05) is 0 Å². The van der Waals surface area contributed by atoms with E-state index in [-0.39, 0.29) is 5.91 Å². The van der Waals surface area contributed by atoms with Gasteiger partial charge in [-0.25, -0.2) is 0 Å². The normalized spacial score (nSPS) is 10.6. The van der Waals surface area contributed by atoms with Gasteiger partial charge in [0.2, 0.25) is 0 Å². The first kappa shape index (κ1) is 9.65. The molecular formula is C12H10N4O. The lowest BCUT2D eigenvalue weighted by Gasteiger charge is -2.03. The number of benzene rings is 1. The molecule has 3 aromatic rings. The summed E-state index contributed by atoms with van der Waals surface area (Å²) in [4.78, 5) is 14.9. The van der Waals surface area contributed by atoms with Crippen LogP contribution >= 0.6 is 0 Å². The molecule has 0 aliphatic rings. The third-order valence-electron chi connectivity index (χ3n) is 2.57. The highest BCUT2D eigenvalue weighted by Crippen LogP contribution is 2.18. The molecule has 5 heteroatoms. The quantitative estimate of drug-likeness (QED) is 0.626. The molecule has 0 atom stereocenters. The number of anilines is 1. The molecule has 0 bridgehead atoms. The first-order chi connectivity index (χ1) is 8.33. The van der Waals surface area contributed by atoms with E-state index in [4.69, 9.17) is 0 Å². The Balaban J connectivity index is 1.87. The van der Waals surface area contributed by atoms with Gasteiger partial charge >= 0.3 is 0 Å². The lowest BCUT2D eigenvalue weighted by molar-refractivity contribution is 0.102. The summed E-state index contributed by atoms with van der Waals surface area (Å²) in [5, 5.41) is 10.2. The Labute approximate surface area is 96.9 Å². The molecule has 1 amide bonds. The molecule has 0 aliphatic heterocycles. The average Bonchev–Trinajstić information content (AvgIpc) is 2.99. The predicted molar refractivity (Wildman–Crippen MR) is 64.8 cm³/mol. The Morgan fingerprint density at radius 2 is 2.24 bits per heavy atom. The fraction of sp³-hybridized carbons (Fsp3) is 0. The van der Waals surface area contributed by atoms with E-state index in [2.05, 4.69) is 20.5 Å². The van der Waals surface area contributed by atoms with Gasteiger partial charge in [-0.15, -0.1) is 0 Å². The third kappa shape index (κ3) is 1.78. The first-order valence-corrected chi connectivity index (χ1v) is 5.20. The second kappa shape index (κ2) is 3.79. The number of carbonyl (C=O) groups is 1. The maximum absolute atomic E-state index is 11.8. The van der Waals surface area contributed by atoms with Crippen LogP contribution in [0, 0.1) is 0 Å². The molecule has 0 aliphatic carbocycles. The number of hydrogen-bond acceptors (Lipinski definition) is 2. The Bertz CT molecular complexity index is 654. The molecule has 84 valence electrons. The van der Waals surface area contributed by atoms with Crippen molar-refractivity contribution in [3.05, 3.63) is 48.4 Å². The first-order valence-electron chi connectivity index (χ1n) is 5.20. The molecular weight excluding hydrogens is 216 g/mol. The van der Waals surface area contributed by atoms with Gasteiger partial charge in [0, 0.05) is 29.0 Å².